The van der Waals surface area contributed by atoms with Crippen LogP contribution >= 0.6 is 0 Å². The number of urea groups is 1. The minimum atomic E-state index is -0.297. The summed E-state index contributed by atoms with van der Waals surface area (Å²) in [6.45, 7) is 9.85. The van der Waals surface area contributed by atoms with Gasteiger partial charge in [-0.3, -0.25) is 0 Å². The summed E-state index contributed by atoms with van der Waals surface area (Å²) in [4.78, 5) is 12.1. The van der Waals surface area contributed by atoms with Crippen LogP contribution in [0.3, 0.4) is 0 Å². The number of carbonyl (C=O) groups excluding carboxylic acids is 1. The lowest BCUT2D eigenvalue weighted by Crippen LogP contribution is -2.57. The zero-order valence-corrected chi connectivity index (χ0v) is 7.85. The summed E-state index contributed by atoms with van der Waals surface area (Å²) < 4.78 is 0. The van der Waals surface area contributed by atoms with Crippen molar-refractivity contribution in [2.24, 2.45) is 11.1 Å². The van der Waals surface area contributed by atoms with Crippen LogP contribution in [0, 0.1) is 5.41 Å². The van der Waals surface area contributed by atoms with E-state index in [1.165, 1.54) is 0 Å². The summed E-state index contributed by atoms with van der Waals surface area (Å²) in [7, 11) is 0. The normalized spacial score (nSPS) is 19.5. The smallest absolute Gasteiger partial charge is 0.314 e. The van der Waals surface area contributed by atoms with Gasteiger partial charge in [-0.15, -0.1) is 0 Å². The number of rotatable bonds is 0. The molecule has 1 fully saturated rings. The Labute approximate surface area is 68.6 Å². The number of nitrogens with zero attached hydrogens (tertiary/aromatic N) is 1. The maximum atomic E-state index is 10.4. The number of hydrogen-bond acceptors (Lipinski definition) is 1. The lowest BCUT2D eigenvalue weighted by molar-refractivity contribution is 0.0665. The van der Waals surface area contributed by atoms with E-state index in [0.717, 1.165) is 13.1 Å². The number of carbonyl (C=O) groups is 1. The molecule has 3 heteroatoms. The van der Waals surface area contributed by atoms with Crippen molar-refractivity contribution in [2.75, 3.05) is 13.1 Å². The van der Waals surface area contributed by atoms with E-state index in [4.69, 9.17) is 5.73 Å². The molecule has 0 saturated carbocycles. The minimum Gasteiger partial charge on any atom is -0.351 e. The molecule has 1 rings (SSSR count). The van der Waals surface area contributed by atoms with Crippen LogP contribution in [0.5, 0.6) is 0 Å². The Hall–Kier alpha value is -0.730. The molecule has 0 unspecified atom stereocenters. The number of primary amides is 1. The summed E-state index contributed by atoms with van der Waals surface area (Å²) in [5, 5.41) is 0. The Morgan fingerprint density at radius 3 is 1.82 bits per heavy atom. The largest absolute Gasteiger partial charge is 0.351 e. The quantitative estimate of drug-likeness (QED) is 0.569. The number of hydrogen-bond donors (Lipinski definition) is 1. The van der Waals surface area contributed by atoms with Crippen LogP contribution in [0.2, 0.25) is 0 Å². The molecule has 1 aliphatic heterocycles. The highest BCUT2D eigenvalue weighted by atomic mass is 16.2. The van der Waals surface area contributed by atoms with Gasteiger partial charge in [0.15, 0.2) is 0 Å². The van der Waals surface area contributed by atoms with E-state index in [-0.39, 0.29) is 6.03 Å². The first-order valence-corrected chi connectivity index (χ1v) is 4.06. The van der Waals surface area contributed by atoms with E-state index in [1.807, 2.05) is 13.8 Å². The van der Waals surface area contributed by atoms with E-state index in [1.54, 1.807) is 4.90 Å². The lowest BCUT2D eigenvalue weighted by atomic mass is 9.85. The maximum Gasteiger partial charge on any atom is 0.314 e. The van der Waals surface area contributed by atoms with Gasteiger partial charge in [0.2, 0.25) is 0 Å². The van der Waals surface area contributed by atoms with Crippen molar-refractivity contribution in [3.63, 3.8) is 0 Å². The van der Waals surface area contributed by atoms with Gasteiger partial charge >= 0.3 is 6.03 Å². The third-order valence-corrected chi connectivity index (χ3v) is 1.55. The van der Waals surface area contributed by atoms with Crippen molar-refractivity contribution in [3.05, 3.63) is 0 Å². The molecule has 0 aliphatic carbocycles. The van der Waals surface area contributed by atoms with Crippen molar-refractivity contribution in [1.29, 1.82) is 0 Å². The Morgan fingerprint density at radius 2 is 1.73 bits per heavy atom. The van der Waals surface area contributed by atoms with Crippen LogP contribution in [0.15, 0.2) is 0 Å². The second-order valence-electron chi connectivity index (χ2n) is 3.36. The van der Waals surface area contributed by atoms with Crippen molar-refractivity contribution in [3.8, 4) is 0 Å². The van der Waals surface area contributed by atoms with Gasteiger partial charge in [-0.1, -0.05) is 27.7 Å². The Morgan fingerprint density at radius 1 is 1.36 bits per heavy atom. The third-order valence-electron chi connectivity index (χ3n) is 1.55. The highest BCUT2D eigenvalue weighted by molar-refractivity contribution is 5.73. The molecular weight excluding hydrogens is 140 g/mol. The Kier molecular flexibility index (Phi) is 3.36. The molecule has 0 aromatic rings. The van der Waals surface area contributed by atoms with E-state index in [0.29, 0.717) is 5.41 Å². The van der Waals surface area contributed by atoms with Gasteiger partial charge in [0.25, 0.3) is 0 Å². The van der Waals surface area contributed by atoms with Gasteiger partial charge in [-0.25, -0.2) is 4.79 Å². The molecule has 0 aromatic carbocycles. The first-order valence-electron chi connectivity index (χ1n) is 4.06. The zero-order chi connectivity index (χ0) is 9.07. The van der Waals surface area contributed by atoms with Gasteiger partial charge in [0.1, 0.15) is 0 Å². The van der Waals surface area contributed by atoms with Crippen LogP contribution in [0.25, 0.3) is 0 Å². The summed E-state index contributed by atoms with van der Waals surface area (Å²) in [5.74, 6) is 0. The highest BCUT2D eigenvalue weighted by Gasteiger charge is 2.35. The molecule has 11 heavy (non-hydrogen) atoms. The maximum absolute atomic E-state index is 10.4. The third kappa shape index (κ3) is 2.78. The average Bonchev–Trinajstić information content (AvgIpc) is 1.87. The Balaban J connectivity index is 0.000000461. The van der Waals surface area contributed by atoms with Gasteiger partial charge in [0, 0.05) is 18.5 Å². The zero-order valence-electron chi connectivity index (χ0n) is 7.85. The number of likely N-dealkylation sites (tertiary alicyclic amines) is 1. The molecule has 1 heterocycles. The van der Waals surface area contributed by atoms with E-state index < -0.39 is 0 Å². The highest BCUT2D eigenvalue weighted by Crippen LogP contribution is 2.27. The van der Waals surface area contributed by atoms with Crippen LogP contribution in [0.1, 0.15) is 27.7 Å². The van der Waals surface area contributed by atoms with Crippen LogP contribution in [0.4, 0.5) is 4.79 Å². The number of amides is 2. The first-order chi connectivity index (χ1) is 5.01. The fraction of sp³-hybridized carbons (Fsp3) is 0.875. The summed E-state index contributed by atoms with van der Waals surface area (Å²) in [6, 6.07) is -0.297. The van der Waals surface area contributed by atoms with E-state index in [9.17, 15) is 4.79 Å². The minimum absolute atomic E-state index is 0.297. The molecule has 0 aromatic heterocycles. The summed E-state index contributed by atoms with van der Waals surface area (Å²) >= 11 is 0. The van der Waals surface area contributed by atoms with Gasteiger partial charge in [0.05, 0.1) is 0 Å². The second-order valence-corrected chi connectivity index (χ2v) is 3.36. The fourth-order valence-corrected chi connectivity index (χ4v) is 1.14. The van der Waals surface area contributed by atoms with Crippen molar-refractivity contribution in [2.45, 2.75) is 27.7 Å². The lowest BCUT2D eigenvalue weighted by Gasteiger charge is -2.44. The van der Waals surface area contributed by atoms with E-state index >= 15 is 0 Å². The predicted molar refractivity (Wildman–Crippen MR) is 46.3 cm³/mol. The predicted octanol–water partition coefficient (Wildman–Crippen LogP) is 1.43. The molecule has 3 nitrogen and oxygen atoms in total. The monoisotopic (exact) mass is 158 g/mol. The molecule has 2 amide bonds. The molecule has 0 spiro atoms. The van der Waals surface area contributed by atoms with E-state index in [2.05, 4.69) is 13.8 Å². The average molecular weight is 158 g/mol. The molecule has 1 saturated heterocycles. The molecule has 0 radical (unpaired) electrons. The summed E-state index contributed by atoms with van der Waals surface area (Å²) in [5.41, 5.74) is 5.31. The number of nitrogens with two attached hydrogens (primary N) is 1. The molecule has 0 bridgehead atoms. The van der Waals surface area contributed by atoms with Crippen LogP contribution in [-0.2, 0) is 0 Å². The van der Waals surface area contributed by atoms with Crippen LogP contribution in [-0.4, -0.2) is 24.0 Å². The molecule has 1 aliphatic rings. The molecular formula is C8H18N2O. The second kappa shape index (κ2) is 3.60. The van der Waals surface area contributed by atoms with Gasteiger partial charge < -0.3 is 10.6 Å². The summed E-state index contributed by atoms with van der Waals surface area (Å²) in [6.07, 6.45) is 0. The van der Waals surface area contributed by atoms with Gasteiger partial charge in [-0.2, -0.15) is 0 Å². The molecule has 66 valence electrons. The molecule has 0 atom stereocenters. The van der Waals surface area contributed by atoms with Gasteiger partial charge in [-0.05, 0) is 0 Å². The standard InChI is InChI=1S/C6H12N2O.C2H6/c1-6(2)3-8(4-6)5(7)9;1-2/h3-4H2,1-2H3,(H2,7,9);1-2H3. The fourth-order valence-electron chi connectivity index (χ4n) is 1.14. The first kappa shape index (κ1) is 10.3. The van der Waals surface area contributed by atoms with Crippen LogP contribution < -0.4 is 5.73 Å². The topological polar surface area (TPSA) is 46.3 Å². The van der Waals surface area contributed by atoms with Crippen molar-refractivity contribution < 1.29 is 4.79 Å². The van der Waals surface area contributed by atoms with Crippen molar-refractivity contribution in [1.82, 2.24) is 4.90 Å². The SMILES string of the molecule is CC.CC1(C)CN(C(N)=O)C1. The Bertz CT molecular complexity index is 135. The molecule has 2 N–H and O–H groups in total. The van der Waals surface area contributed by atoms with Crippen molar-refractivity contribution >= 4 is 6.03 Å².